The van der Waals surface area contributed by atoms with Gasteiger partial charge in [-0.25, -0.2) is 17.5 Å². The van der Waals surface area contributed by atoms with E-state index in [1.807, 2.05) is 13.2 Å². The molecule has 0 bridgehead atoms. The third kappa shape index (κ3) is 5.05. The average Bonchev–Trinajstić information content (AvgIpc) is 2.39. The molecule has 7 heteroatoms. The molecular formula is C13H21FN2O2S2. The monoisotopic (exact) mass is 320 g/mol. The van der Waals surface area contributed by atoms with Crippen molar-refractivity contribution in [2.45, 2.75) is 18.4 Å². The molecule has 0 aliphatic rings. The van der Waals surface area contributed by atoms with E-state index in [1.54, 1.807) is 18.8 Å². The Labute approximate surface area is 124 Å². The molecule has 0 aliphatic heterocycles. The molecule has 20 heavy (non-hydrogen) atoms. The van der Waals surface area contributed by atoms with Crippen molar-refractivity contribution in [1.82, 2.24) is 10.0 Å². The van der Waals surface area contributed by atoms with Gasteiger partial charge in [-0.05, 0) is 43.2 Å². The molecule has 0 radical (unpaired) electrons. The zero-order valence-corrected chi connectivity index (χ0v) is 13.6. The first-order valence-corrected chi connectivity index (χ1v) is 9.20. The van der Waals surface area contributed by atoms with E-state index >= 15 is 0 Å². The number of hydrogen-bond acceptors (Lipinski definition) is 4. The molecule has 0 aliphatic carbocycles. The number of benzene rings is 1. The minimum atomic E-state index is -3.58. The Hall–Kier alpha value is -0.630. The van der Waals surface area contributed by atoms with Crippen molar-refractivity contribution < 1.29 is 12.8 Å². The fourth-order valence-electron chi connectivity index (χ4n) is 1.72. The third-order valence-corrected chi connectivity index (χ3v) is 5.09. The summed E-state index contributed by atoms with van der Waals surface area (Å²) in [6, 6.07) is 3.84. The van der Waals surface area contributed by atoms with Gasteiger partial charge in [-0.15, -0.1) is 0 Å². The molecule has 0 spiro atoms. The first kappa shape index (κ1) is 17.4. The summed E-state index contributed by atoms with van der Waals surface area (Å²) in [6.45, 7) is 2.65. The van der Waals surface area contributed by atoms with Crippen molar-refractivity contribution in [1.29, 1.82) is 0 Å². The van der Waals surface area contributed by atoms with Gasteiger partial charge < -0.3 is 5.32 Å². The predicted octanol–water partition coefficient (Wildman–Crippen LogP) is 1.82. The van der Waals surface area contributed by atoms with Crippen LogP contribution in [0, 0.1) is 11.7 Å². The molecule has 0 heterocycles. The number of sulfonamides is 1. The van der Waals surface area contributed by atoms with Crippen LogP contribution >= 0.6 is 11.8 Å². The van der Waals surface area contributed by atoms with Gasteiger partial charge in [0.15, 0.2) is 0 Å². The van der Waals surface area contributed by atoms with Gasteiger partial charge >= 0.3 is 0 Å². The van der Waals surface area contributed by atoms with Crippen LogP contribution in [0.25, 0.3) is 0 Å². The van der Waals surface area contributed by atoms with Gasteiger partial charge in [-0.1, -0.05) is 6.92 Å². The fraction of sp³-hybridized carbons (Fsp3) is 0.538. The van der Waals surface area contributed by atoms with Crippen LogP contribution in [0.5, 0.6) is 0 Å². The summed E-state index contributed by atoms with van der Waals surface area (Å²) in [5, 5.41) is 2.81. The molecule has 1 aromatic rings. The van der Waals surface area contributed by atoms with Crippen LogP contribution in [-0.4, -0.2) is 34.0 Å². The van der Waals surface area contributed by atoms with E-state index in [0.717, 1.165) is 5.75 Å². The zero-order valence-electron chi connectivity index (χ0n) is 11.9. The molecule has 1 atom stereocenters. The van der Waals surface area contributed by atoms with Crippen LogP contribution < -0.4 is 10.0 Å². The molecule has 1 rings (SSSR count). The Morgan fingerprint density at radius 2 is 2.10 bits per heavy atom. The summed E-state index contributed by atoms with van der Waals surface area (Å²) in [7, 11) is -1.90. The Balaban J connectivity index is 2.84. The molecular weight excluding hydrogens is 299 g/mol. The lowest BCUT2D eigenvalue weighted by molar-refractivity contribution is 0.561. The first-order chi connectivity index (χ1) is 9.40. The van der Waals surface area contributed by atoms with Crippen LogP contribution in [-0.2, 0) is 16.6 Å². The van der Waals surface area contributed by atoms with Gasteiger partial charge in [0.25, 0.3) is 0 Å². The third-order valence-electron chi connectivity index (χ3n) is 2.77. The lowest BCUT2D eigenvalue weighted by atomic mass is 10.2. The van der Waals surface area contributed by atoms with Gasteiger partial charge in [0, 0.05) is 18.7 Å². The van der Waals surface area contributed by atoms with Crippen LogP contribution in [0.2, 0.25) is 0 Å². The van der Waals surface area contributed by atoms with Crippen LogP contribution in [0.3, 0.4) is 0 Å². The molecule has 0 saturated carbocycles. The second-order valence-corrected chi connectivity index (χ2v) is 7.37. The molecule has 0 fully saturated rings. The van der Waals surface area contributed by atoms with E-state index < -0.39 is 15.8 Å². The van der Waals surface area contributed by atoms with Gasteiger partial charge in [-0.3, -0.25) is 0 Å². The molecule has 1 aromatic carbocycles. The Morgan fingerprint density at radius 1 is 1.40 bits per heavy atom. The Kier molecular flexibility index (Phi) is 6.94. The molecule has 114 valence electrons. The van der Waals surface area contributed by atoms with Crippen molar-refractivity contribution in [2.75, 3.05) is 25.6 Å². The fourth-order valence-corrected chi connectivity index (χ4v) is 3.63. The predicted molar refractivity (Wildman–Crippen MR) is 81.9 cm³/mol. The summed E-state index contributed by atoms with van der Waals surface area (Å²) in [5.41, 5.74) is 0.340. The molecule has 2 N–H and O–H groups in total. The average molecular weight is 320 g/mol. The standard InChI is InChI=1S/C13H21FN2O2S2/c1-10(9-19-3)7-16-20(17,18)12-4-5-13(14)11(6-12)8-15-2/h4-6,10,15-16H,7-9H2,1-3H3. The first-order valence-electron chi connectivity index (χ1n) is 6.32. The van der Waals surface area contributed by atoms with E-state index in [1.165, 1.54) is 18.2 Å². The summed E-state index contributed by atoms with van der Waals surface area (Å²) in [4.78, 5) is 0.0977. The minimum absolute atomic E-state index is 0.0977. The Morgan fingerprint density at radius 3 is 2.70 bits per heavy atom. The highest BCUT2D eigenvalue weighted by atomic mass is 32.2. The molecule has 0 aromatic heterocycles. The summed E-state index contributed by atoms with van der Waals surface area (Å²) in [6.07, 6.45) is 1.98. The van der Waals surface area contributed by atoms with Gasteiger partial charge in [-0.2, -0.15) is 11.8 Å². The lowest BCUT2D eigenvalue weighted by Crippen LogP contribution is -2.29. The number of rotatable bonds is 8. The second kappa shape index (κ2) is 7.97. The summed E-state index contributed by atoms with van der Waals surface area (Å²) < 4.78 is 40.4. The van der Waals surface area contributed by atoms with Gasteiger partial charge in [0.2, 0.25) is 10.0 Å². The molecule has 1 unspecified atom stereocenters. The SMILES string of the molecule is CNCc1cc(S(=O)(=O)NCC(C)CSC)ccc1F. The van der Waals surface area contributed by atoms with E-state index in [0.29, 0.717) is 12.1 Å². The quantitative estimate of drug-likeness (QED) is 0.767. The van der Waals surface area contributed by atoms with Gasteiger partial charge in [0.1, 0.15) is 5.82 Å². The lowest BCUT2D eigenvalue weighted by Gasteiger charge is -2.12. The van der Waals surface area contributed by atoms with Gasteiger partial charge in [0.05, 0.1) is 4.90 Å². The number of nitrogens with one attached hydrogen (secondary N) is 2. The van der Waals surface area contributed by atoms with Crippen LogP contribution in [0.15, 0.2) is 23.1 Å². The minimum Gasteiger partial charge on any atom is -0.316 e. The normalized spacial score (nSPS) is 13.4. The van der Waals surface area contributed by atoms with E-state index in [2.05, 4.69) is 10.0 Å². The largest absolute Gasteiger partial charge is 0.316 e. The topological polar surface area (TPSA) is 58.2 Å². The summed E-state index contributed by atoms with van der Waals surface area (Å²) in [5.74, 6) is 0.725. The number of thioether (sulfide) groups is 1. The maximum absolute atomic E-state index is 13.5. The van der Waals surface area contributed by atoms with Crippen molar-refractivity contribution in [3.8, 4) is 0 Å². The van der Waals surface area contributed by atoms with Crippen molar-refractivity contribution >= 4 is 21.8 Å². The van der Waals surface area contributed by atoms with E-state index in [9.17, 15) is 12.8 Å². The highest BCUT2D eigenvalue weighted by Crippen LogP contribution is 2.15. The van der Waals surface area contributed by atoms with E-state index in [4.69, 9.17) is 0 Å². The summed E-state index contributed by atoms with van der Waals surface area (Å²) >= 11 is 1.67. The number of hydrogen-bond donors (Lipinski definition) is 2. The molecule has 4 nitrogen and oxygen atoms in total. The van der Waals surface area contributed by atoms with Crippen molar-refractivity contribution in [3.63, 3.8) is 0 Å². The molecule has 0 amide bonds. The second-order valence-electron chi connectivity index (χ2n) is 4.70. The van der Waals surface area contributed by atoms with E-state index in [-0.39, 0.29) is 17.4 Å². The highest BCUT2D eigenvalue weighted by molar-refractivity contribution is 7.98. The molecule has 0 saturated heterocycles. The van der Waals surface area contributed by atoms with Crippen molar-refractivity contribution in [3.05, 3.63) is 29.6 Å². The maximum atomic E-state index is 13.5. The highest BCUT2D eigenvalue weighted by Gasteiger charge is 2.16. The number of halogens is 1. The van der Waals surface area contributed by atoms with Crippen molar-refractivity contribution in [2.24, 2.45) is 5.92 Å². The van der Waals surface area contributed by atoms with Crippen LogP contribution in [0.4, 0.5) is 4.39 Å². The van der Waals surface area contributed by atoms with Crippen LogP contribution in [0.1, 0.15) is 12.5 Å². The maximum Gasteiger partial charge on any atom is 0.240 e. The zero-order chi connectivity index (χ0) is 15.2. The smallest absolute Gasteiger partial charge is 0.240 e. The Bertz CT molecular complexity index is 535.